The predicted octanol–water partition coefficient (Wildman–Crippen LogP) is 3.02. The summed E-state index contributed by atoms with van der Waals surface area (Å²) in [5, 5.41) is 0.471. The second-order valence-electron chi connectivity index (χ2n) is 4.91. The summed E-state index contributed by atoms with van der Waals surface area (Å²) >= 11 is 6.30. The van der Waals surface area contributed by atoms with E-state index in [4.69, 9.17) is 17.3 Å². The van der Waals surface area contributed by atoms with Gasteiger partial charge in [0.1, 0.15) is 0 Å². The van der Waals surface area contributed by atoms with Crippen LogP contribution >= 0.6 is 24.0 Å². The molecule has 2 N–H and O–H groups in total. The van der Waals surface area contributed by atoms with Crippen LogP contribution in [-0.2, 0) is 0 Å². The lowest BCUT2D eigenvalue weighted by Gasteiger charge is -2.36. The molecule has 1 saturated heterocycles. The molecule has 0 spiro atoms. The number of hydrogen-bond donors (Lipinski definition) is 1. The van der Waals surface area contributed by atoms with Gasteiger partial charge in [0.05, 0.1) is 11.0 Å². The van der Waals surface area contributed by atoms with E-state index in [0.717, 1.165) is 36.2 Å². The van der Waals surface area contributed by atoms with Gasteiger partial charge in [-0.1, -0.05) is 23.7 Å². The summed E-state index contributed by atoms with van der Waals surface area (Å²) in [5.74, 6) is 0.774. The first kappa shape index (κ1) is 15.3. The van der Waals surface area contributed by atoms with Gasteiger partial charge >= 0.3 is 0 Å². The molecule has 1 fully saturated rings. The molecule has 1 unspecified atom stereocenters. The third kappa shape index (κ3) is 2.82. The van der Waals surface area contributed by atoms with Gasteiger partial charge in [-0.2, -0.15) is 0 Å². The number of nitrogens with zero attached hydrogens (tertiary/aromatic N) is 3. The second kappa shape index (κ2) is 6.57. The van der Waals surface area contributed by atoms with Gasteiger partial charge in [-0.25, -0.2) is 9.97 Å². The lowest BCUT2D eigenvalue weighted by atomic mass is 10.0. The van der Waals surface area contributed by atoms with E-state index in [1.54, 1.807) is 0 Å². The molecular weight excluding hydrogens is 295 g/mol. The molecule has 1 aliphatic rings. The first-order chi connectivity index (χ1) is 9.29. The highest BCUT2D eigenvalue weighted by atomic mass is 35.5. The van der Waals surface area contributed by atoms with E-state index in [9.17, 15) is 0 Å². The van der Waals surface area contributed by atoms with Gasteiger partial charge in [0, 0.05) is 19.1 Å². The normalized spacial score (nSPS) is 18.9. The summed E-state index contributed by atoms with van der Waals surface area (Å²) in [6.07, 6.45) is 3.47. The number of para-hydroxylation sites is 2. The molecule has 108 valence electrons. The van der Waals surface area contributed by atoms with E-state index < -0.39 is 0 Å². The smallest absolute Gasteiger partial charge is 0.172 e. The van der Waals surface area contributed by atoms with Crippen LogP contribution < -0.4 is 10.6 Å². The van der Waals surface area contributed by atoms with Crippen LogP contribution in [0.3, 0.4) is 0 Å². The topological polar surface area (TPSA) is 55.0 Å². The fourth-order valence-corrected chi connectivity index (χ4v) is 2.92. The monoisotopic (exact) mass is 312 g/mol. The number of hydrogen-bond acceptors (Lipinski definition) is 4. The van der Waals surface area contributed by atoms with Crippen LogP contribution in [0.1, 0.15) is 19.3 Å². The van der Waals surface area contributed by atoms with Crippen molar-refractivity contribution in [2.75, 3.05) is 18.0 Å². The van der Waals surface area contributed by atoms with Crippen LogP contribution in [-0.4, -0.2) is 29.1 Å². The van der Waals surface area contributed by atoms with E-state index in [0.29, 0.717) is 17.7 Å². The Hall–Kier alpha value is -1.10. The van der Waals surface area contributed by atoms with Crippen LogP contribution in [0, 0.1) is 0 Å². The SMILES string of the molecule is Cl.NCC1CCCCN1c1nc2ccccc2nc1Cl. The molecule has 1 aliphatic heterocycles. The number of nitrogens with two attached hydrogens (primary N) is 1. The lowest BCUT2D eigenvalue weighted by molar-refractivity contribution is 0.462. The average molecular weight is 313 g/mol. The van der Waals surface area contributed by atoms with E-state index >= 15 is 0 Å². The summed E-state index contributed by atoms with van der Waals surface area (Å²) in [7, 11) is 0. The molecule has 0 aliphatic carbocycles. The minimum Gasteiger partial charge on any atom is -0.350 e. The Morgan fingerprint density at radius 2 is 1.90 bits per heavy atom. The Kier molecular flexibility index (Phi) is 5.02. The fourth-order valence-electron chi connectivity index (χ4n) is 2.68. The van der Waals surface area contributed by atoms with E-state index in [2.05, 4.69) is 14.9 Å². The highest BCUT2D eigenvalue weighted by Crippen LogP contribution is 2.29. The maximum absolute atomic E-state index is 6.30. The number of piperidine rings is 1. The summed E-state index contributed by atoms with van der Waals surface area (Å²) < 4.78 is 0. The van der Waals surface area contributed by atoms with Crippen molar-refractivity contribution in [3.05, 3.63) is 29.4 Å². The molecule has 20 heavy (non-hydrogen) atoms. The molecule has 1 aromatic heterocycles. The highest BCUT2D eigenvalue weighted by molar-refractivity contribution is 6.32. The van der Waals surface area contributed by atoms with Crippen LogP contribution in [0.25, 0.3) is 11.0 Å². The molecule has 0 amide bonds. The van der Waals surface area contributed by atoms with Crippen molar-refractivity contribution in [2.24, 2.45) is 5.73 Å². The van der Waals surface area contributed by atoms with Crippen molar-refractivity contribution in [3.8, 4) is 0 Å². The summed E-state index contributed by atoms with van der Waals surface area (Å²) in [6.45, 7) is 1.58. The number of fused-ring (bicyclic) bond motifs is 1. The Balaban J connectivity index is 0.00000147. The minimum atomic E-state index is 0. The van der Waals surface area contributed by atoms with Crippen molar-refractivity contribution in [2.45, 2.75) is 25.3 Å². The maximum atomic E-state index is 6.30. The maximum Gasteiger partial charge on any atom is 0.172 e. The number of anilines is 1. The molecule has 0 radical (unpaired) electrons. The fraction of sp³-hybridized carbons (Fsp3) is 0.429. The van der Waals surface area contributed by atoms with Gasteiger partial charge in [-0.05, 0) is 31.4 Å². The Morgan fingerprint density at radius 3 is 2.60 bits per heavy atom. The summed E-state index contributed by atoms with van der Waals surface area (Å²) in [4.78, 5) is 11.3. The number of halogens is 2. The van der Waals surface area contributed by atoms with Gasteiger partial charge in [-0.15, -0.1) is 12.4 Å². The summed E-state index contributed by atoms with van der Waals surface area (Å²) in [5.41, 5.74) is 7.57. The largest absolute Gasteiger partial charge is 0.350 e. The molecule has 0 bridgehead atoms. The molecular formula is C14H18Cl2N4. The standard InChI is InChI=1S/C14H17ClN4.ClH/c15-13-14(19-8-4-3-5-10(19)9-16)18-12-7-2-1-6-11(12)17-13;/h1-2,6-7,10H,3-5,8-9,16H2;1H. The molecule has 4 nitrogen and oxygen atoms in total. The molecule has 0 saturated carbocycles. The van der Waals surface area contributed by atoms with Crippen molar-refractivity contribution in [3.63, 3.8) is 0 Å². The Morgan fingerprint density at radius 1 is 1.20 bits per heavy atom. The average Bonchev–Trinajstić information content (AvgIpc) is 2.46. The van der Waals surface area contributed by atoms with E-state index in [1.165, 1.54) is 6.42 Å². The van der Waals surface area contributed by atoms with Crippen LogP contribution in [0.4, 0.5) is 5.82 Å². The molecule has 2 aromatic rings. The Labute approximate surface area is 129 Å². The quantitative estimate of drug-likeness (QED) is 0.926. The highest BCUT2D eigenvalue weighted by Gasteiger charge is 2.25. The molecule has 2 heterocycles. The van der Waals surface area contributed by atoms with Crippen LogP contribution in [0.15, 0.2) is 24.3 Å². The van der Waals surface area contributed by atoms with Crippen molar-refractivity contribution in [1.29, 1.82) is 0 Å². The number of rotatable bonds is 2. The third-order valence-corrected chi connectivity index (χ3v) is 3.94. The van der Waals surface area contributed by atoms with Gasteiger partial charge in [0.15, 0.2) is 11.0 Å². The molecule has 3 rings (SSSR count). The van der Waals surface area contributed by atoms with E-state index in [-0.39, 0.29) is 12.4 Å². The minimum absolute atomic E-state index is 0. The lowest BCUT2D eigenvalue weighted by Crippen LogP contribution is -2.44. The van der Waals surface area contributed by atoms with Gasteiger partial charge in [0.2, 0.25) is 0 Å². The first-order valence-corrected chi connectivity index (χ1v) is 7.06. The van der Waals surface area contributed by atoms with Crippen molar-refractivity contribution < 1.29 is 0 Å². The summed E-state index contributed by atoms with van der Waals surface area (Å²) in [6, 6.07) is 8.11. The molecule has 1 aromatic carbocycles. The molecule has 6 heteroatoms. The zero-order valence-corrected chi connectivity index (χ0v) is 12.7. The number of aromatic nitrogens is 2. The van der Waals surface area contributed by atoms with Crippen LogP contribution in [0.5, 0.6) is 0 Å². The van der Waals surface area contributed by atoms with Gasteiger partial charge in [0.25, 0.3) is 0 Å². The second-order valence-corrected chi connectivity index (χ2v) is 5.26. The van der Waals surface area contributed by atoms with Crippen LogP contribution in [0.2, 0.25) is 5.15 Å². The zero-order valence-electron chi connectivity index (χ0n) is 11.1. The number of benzene rings is 1. The van der Waals surface area contributed by atoms with Gasteiger partial charge < -0.3 is 10.6 Å². The first-order valence-electron chi connectivity index (χ1n) is 6.68. The van der Waals surface area contributed by atoms with Gasteiger partial charge in [-0.3, -0.25) is 0 Å². The Bertz CT molecular complexity index is 590. The van der Waals surface area contributed by atoms with Crippen molar-refractivity contribution in [1.82, 2.24) is 9.97 Å². The zero-order chi connectivity index (χ0) is 13.2. The predicted molar refractivity (Wildman–Crippen MR) is 85.8 cm³/mol. The van der Waals surface area contributed by atoms with E-state index in [1.807, 2.05) is 24.3 Å². The van der Waals surface area contributed by atoms with Crippen molar-refractivity contribution >= 4 is 40.9 Å². The molecule has 1 atom stereocenters. The third-order valence-electron chi connectivity index (χ3n) is 3.68.